The summed E-state index contributed by atoms with van der Waals surface area (Å²) in [4.78, 5) is 19.2. The molecule has 0 N–H and O–H groups in total. The SMILES string of the molecule is CCc1ccc(-c2nc(CC(=O)N(CCOC)C3CCS(=O)(=O)C3)cs2)cc1. The van der Waals surface area contributed by atoms with E-state index in [1.54, 1.807) is 12.0 Å². The second-order valence-electron chi connectivity index (χ2n) is 7.01. The Balaban J connectivity index is 1.70. The number of benzene rings is 1. The molecule has 1 atom stereocenters. The van der Waals surface area contributed by atoms with Gasteiger partial charge in [-0.2, -0.15) is 0 Å². The maximum Gasteiger partial charge on any atom is 0.228 e. The van der Waals surface area contributed by atoms with Gasteiger partial charge in [-0.15, -0.1) is 11.3 Å². The number of hydrogen-bond donors (Lipinski definition) is 0. The van der Waals surface area contributed by atoms with E-state index in [2.05, 4.69) is 36.2 Å². The summed E-state index contributed by atoms with van der Waals surface area (Å²) >= 11 is 1.52. The molecule has 2 aromatic rings. The summed E-state index contributed by atoms with van der Waals surface area (Å²) in [7, 11) is -1.48. The van der Waals surface area contributed by atoms with E-state index in [9.17, 15) is 13.2 Å². The van der Waals surface area contributed by atoms with E-state index in [0.29, 0.717) is 25.3 Å². The molecule has 3 rings (SSSR count). The smallest absolute Gasteiger partial charge is 0.228 e. The van der Waals surface area contributed by atoms with Gasteiger partial charge < -0.3 is 9.64 Å². The fraction of sp³-hybridized carbons (Fsp3) is 0.500. The predicted octanol–water partition coefficient (Wildman–Crippen LogP) is 2.58. The molecule has 1 fully saturated rings. The van der Waals surface area contributed by atoms with Crippen LogP contribution in [0.1, 0.15) is 24.6 Å². The first-order valence-corrected chi connectivity index (χ1v) is 12.1. The molecule has 1 aromatic heterocycles. The van der Waals surface area contributed by atoms with Crippen LogP contribution in [0.25, 0.3) is 10.6 Å². The number of methoxy groups -OCH3 is 1. The Morgan fingerprint density at radius 3 is 2.68 bits per heavy atom. The molecule has 1 amide bonds. The van der Waals surface area contributed by atoms with Gasteiger partial charge in [-0.3, -0.25) is 4.79 Å². The largest absolute Gasteiger partial charge is 0.383 e. The summed E-state index contributed by atoms with van der Waals surface area (Å²) in [6.07, 6.45) is 1.65. The van der Waals surface area contributed by atoms with Crippen LogP contribution in [-0.2, 0) is 32.2 Å². The van der Waals surface area contributed by atoms with Crippen molar-refractivity contribution in [1.82, 2.24) is 9.88 Å². The van der Waals surface area contributed by atoms with Gasteiger partial charge in [0.2, 0.25) is 5.91 Å². The molecule has 0 saturated carbocycles. The fourth-order valence-corrected chi connectivity index (χ4v) is 5.94. The Labute approximate surface area is 170 Å². The molecule has 28 heavy (non-hydrogen) atoms. The molecular formula is C20H26N2O4S2. The summed E-state index contributed by atoms with van der Waals surface area (Å²) in [5.74, 6) is 0.0785. The number of thiazole rings is 1. The number of aryl methyl sites for hydroxylation is 1. The summed E-state index contributed by atoms with van der Waals surface area (Å²) < 4.78 is 28.8. The van der Waals surface area contributed by atoms with Crippen molar-refractivity contribution in [1.29, 1.82) is 0 Å². The van der Waals surface area contributed by atoms with Crippen LogP contribution in [0.4, 0.5) is 0 Å². The van der Waals surface area contributed by atoms with Crippen LogP contribution in [0.5, 0.6) is 0 Å². The number of rotatable bonds is 8. The van der Waals surface area contributed by atoms with Gasteiger partial charge in [-0.05, 0) is 18.4 Å². The summed E-state index contributed by atoms with van der Waals surface area (Å²) in [5.41, 5.74) is 3.03. The standard InChI is InChI=1S/C20H26N2O4S2/c1-3-15-4-6-16(7-5-15)20-21-17(13-27-20)12-19(23)22(9-10-26-2)18-8-11-28(24,25)14-18/h4-7,13,18H,3,8-12,14H2,1-2H3. The first kappa shape index (κ1) is 21.0. The highest BCUT2D eigenvalue weighted by atomic mass is 32.2. The van der Waals surface area contributed by atoms with Gasteiger partial charge in [-0.25, -0.2) is 13.4 Å². The Hall–Kier alpha value is -1.77. The Kier molecular flexibility index (Phi) is 6.85. The number of amides is 1. The van der Waals surface area contributed by atoms with Crippen molar-refractivity contribution in [2.45, 2.75) is 32.2 Å². The normalized spacial score (nSPS) is 18.3. The minimum Gasteiger partial charge on any atom is -0.383 e. The second kappa shape index (κ2) is 9.15. The molecule has 0 bridgehead atoms. The van der Waals surface area contributed by atoms with Crippen molar-refractivity contribution >= 4 is 27.1 Å². The molecule has 0 radical (unpaired) electrons. The van der Waals surface area contributed by atoms with E-state index in [0.717, 1.165) is 17.0 Å². The van der Waals surface area contributed by atoms with E-state index < -0.39 is 9.84 Å². The second-order valence-corrected chi connectivity index (χ2v) is 10.1. The first-order valence-electron chi connectivity index (χ1n) is 9.44. The molecule has 1 unspecified atom stereocenters. The number of sulfone groups is 1. The van der Waals surface area contributed by atoms with Crippen molar-refractivity contribution < 1.29 is 17.9 Å². The van der Waals surface area contributed by atoms with Crippen LogP contribution in [0, 0.1) is 0 Å². The average Bonchev–Trinajstić information content (AvgIpc) is 3.28. The lowest BCUT2D eigenvalue weighted by Gasteiger charge is -2.27. The third-order valence-corrected chi connectivity index (χ3v) is 7.69. The number of nitrogens with zero attached hydrogens (tertiary/aromatic N) is 2. The molecule has 1 saturated heterocycles. The maximum absolute atomic E-state index is 12.9. The van der Waals surface area contributed by atoms with Gasteiger partial charge in [-0.1, -0.05) is 31.2 Å². The van der Waals surface area contributed by atoms with Crippen molar-refractivity contribution in [2.75, 3.05) is 31.8 Å². The molecule has 1 aliphatic rings. The minimum atomic E-state index is -3.06. The van der Waals surface area contributed by atoms with Crippen LogP contribution >= 0.6 is 11.3 Å². The Morgan fingerprint density at radius 2 is 2.07 bits per heavy atom. The molecule has 2 heterocycles. The molecule has 6 nitrogen and oxygen atoms in total. The summed E-state index contributed by atoms with van der Waals surface area (Å²) in [6, 6.07) is 8.02. The Morgan fingerprint density at radius 1 is 1.32 bits per heavy atom. The third-order valence-electron chi connectivity index (χ3n) is 5.00. The van der Waals surface area contributed by atoms with Crippen molar-refractivity contribution in [3.05, 3.63) is 40.9 Å². The topological polar surface area (TPSA) is 76.6 Å². The van der Waals surface area contributed by atoms with Crippen LogP contribution in [0.15, 0.2) is 29.6 Å². The van der Waals surface area contributed by atoms with Gasteiger partial charge >= 0.3 is 0 Å². The zero-order valence-electron chi connectivity index (χ0n) is 16.3. The lowest BCUT2D eigenvalue weighted by molar-refractivity contribution is -0.133. The van der Waals surface area contributed by atoms with Gasteiger partial charge in [0.1, 0.15) is 5.01 Å². The molecule has 0 aliphatic carbocycles. The highest BCUT2D eigenvalue weighted by Gasteiger charge is 2.34. The lowest BCUT2D eigenvalue weighted by Crippen LogP contribution is -2.43. The average molecular weight is 423 g/mol. The monoisotopic (exact) mass is 422 g/mol. The zero-order chi connectivity index (χ0) is 20.1. The highest BCUT2D eigenvalue weighted by molar-refractivity contribution is 7.91. The Bertz CT molecular complexity index is 907. The molecule has 0 spiro atoms. The van der Waals surface area contributed by atoms with Crippen LogP contribution in [0.2, 0.25) is 0 Å². The number of carbonyl (C=O) groups is 1. The van der Waals surface area contributed by atoms with E-state index in [1.165, 1.54) is 16.9 Å². The van der Waals surface area contributed by atoms with E-state index >= 15 is 0 Å². The molecule has 1 aromatic carbocycles. The lowest BCUT2D eigenvalue weighted by atomic mass is 10.1. The number of ether oxygens (including phenoxy) is 1. The quantitative estimate of drug-likeness (QED) is 0.654. The fourth-order valence-electron chi connectivity index (χ4n) is 3.38. The van der Waals surface area contributed by atoms with Gasteiger partial charge in [0.05, 0.1) is 30.2 Å². The summed E-state index contributed by atoms with van der Waals surface area (Å²) in [6.45, 7) is 2.90. The van der Waals surface area contributed by atoms with E-state index in [1.807, 2.05) is 5.38 Å². The molecule has 8 heteroatoms. The van der Waals surface area contributed by atoms with Gasteiger partial charge in [0.15, 0.2) is 9.84 Å². The van der Waals surface area contributed by atoms with E-state index in [-0.39, 0.29) is 29.9 Å². The predicted molar refractivity (Wildman–Crippen MR) is 111 cm³/mol. The molecular weight excluding hydrogens is 396 g/mol. The van der Waals surface area contributed by atoms with Crippen molar-refractivity contribution in [3.63, 3.8) is 0 Å². The van der Waals surface area contributed by atoms with Gasteiger partial charge in [0.25, 0.3) is 0 Å². The summed E-state index contributed by atoms with van der Waals surface area (Å²) in [5, 5.41) is 2.79. The third kappa shape index (κ3) is 5.18. The van der Waals surface area contributed by atoms with E-state index in [4.69, 9.17) is 4.74 Å². The first-order chi connectivity index (χ1) is 13.4. The number of aromatic nitrogens is 1. The van der Waals surface area contributed by atoms with Crippen LogP contribution in [-0.4, -0.2) is 62.0 Å². The van der Waals surface area contributed by atoms with Crippen molar-refractivity contribution in [2.24, 2.45) is 0 Å². The number of hydrogen-bond acceptors (Lipinski definition) is 6. The molecule has 1 aliphatic heterocycles. The zero-order valence-corrected chi connectivity index (χ0v) is 17.9. The highest BCUT2D eigenvalue weighted by Crippen LogP contribution is 2.25. The van der Waals surface area contributed by atoms with Crippen LogP contribution < -0.4 is 0 Å². The minimum absolute atomic E-state index is 0.0363. The van der Waals surface area contributed by atoms with Gasteiger partial charge in [0, 0.05) is 30.6 Å². The maximum atomic E-state index is 12.9. The van der Waals surface area contributed by atoms with Crippen molar-refractivity contribution in [3.8, 4) is 10.6 Å². The van der Waals surface area contributed by atoms with Crippen LogP contribution in [0.3, 0.4) is 0 Å². The number of carbonyl (C=O) groups excluding carboxylic acids is 1. The molecule has 152 valence electrons.